The second kappa shape index (κ2) is 6.52. The molecule has 0 spiro atoms. The fraction of sp³-hybridized carbons (Fsp3) is 0.400. The van der Waals surface area contributed by atoms with Crippen molar-refractivity contribution in [2.24, 2.45) is 11.8 Å². The van der Waals surface area contributed by atoms with Gasteiger partial charge < -0.3 is 19.4 Å². The van der Waals surface area contributed by atoms with E-state index < -0.39 is 17.9 Å². The lowest BCUT2D eigenvalue weighted by Crippen LogP contribution is -2.40. The van der Waals surface area contributed by atoms with Crippen LogP contribution in [0.3, 0.4) is 0 Å². The number of hydrogen-bond donors (Lipinski definition) is 1. The van der Waals surface area contributed by atoms with Gasteiger partial charge in [0.05, 0.1) is 20.3 Å². The maximum atomic E-state index is 12.2. The van der Waals surface area contributed by atoms with Gasteiger partial charge in [0.15, 0.2) is 5.92 Å². The molecular weight excluding hydrogens is 332 g/mol. The lowest BCUT2D eigenvalue weighted by molar-refractivity contribution is -0.161. The molecule has 0 bridgehead atoms. The zero-order chi connectivity index (χ0) is 18.3. The van der Waals surface area contributed by atoms with Gasteiger partial charge in [-0.1, -0.05) is 24.3 Å². The van der Waals surface area contributed by atoms with E-state index in [1.54, 1.807) is 0 Å². The summed E-state index contributed by atoms with van der Waals surface area (Å²) in [5, 5.41) is 1.26. The van der Waals surface area contributed by atoms with E-state index in [4.69, 9.17) is 9.47 Å². The molecule has 6 nitrogen and oxygen atoms in total. The summed E-state index contributed by atoms with van der Waals surface area (Å²) in [7, 11) is 2.60. The molecule has 4 rings (SSSR count). The predicted octanol–water partition coefficient (Wildman–Crippen LogP) is 2.56. The Bertz CT molecular complexity index is 869. The molecule has 0 saturated heterocycles. The maximum absolute atomic E-state index is 12.2. The van der Waals surface area contributed by atoms with Gasteiger partial charge in [-0.3, -0.25) is 9.59 Å². The number of fused-ring (bicyclic) bond motifs is 5. The summed E-state index contributed by atoms with van der Waals surface area (Å²) in [6.45, 7) is 0.920. The first kappa shape index (κ1) is 16.7. The minimum Gasteiger partial charge on any atom is -0.468 e. The third-order valence-corrected chi connectivity index (χ3v) is 5.56. The van der Waals surface area contributed by atoms with Gasteiger partial charge in [-0.15, -0.1) is 0 Å². The van der Waals surface area contributed by atoms with Crippen LogP contribution in [-0.4, -0.2) is 42.6 Å². The number of aromatic amines is 1. The summed E-state index contributed by atoms with van der Waals surface area (Å²) in [6.07, 6.45) is 5.57. The van der Waals surface area contributed by atoms with Crippen LogP contribution >= 0.6 is 0 Å². The number of carbonyl (C=O) groups excluding carboxylic acids is 2. The Hall–Kier alpha value is -2.76. The summed E-state index contributed by atoms with van der Waals surface area (Å²) >= 11 is 0. The maximum Gasteiger partial charge on any atom is 0.320 e. The van der Waals surface area contributed by atoms with Crippen LogP contribution in [0.5, 0.6) is 0 Å². The van der Waals surface area contributed by atoms with E-state index >= 15 is 0 Å². The first-order valence-electron chi connectivity index (χ1n) is 8.83. The van der Waals surface area contributed by atoms with Gasteiger partial charge in [-0.05, 0) is 30.7 Å². The standard InChI is InChI=1S/C20H22N2O4/c1-25-19(23)17(20(24)26-2)12-7-9-22-10-8-14-13-5-3-4-6-15(13)21-18(14)16(22)11-12/h3-7,9,12,16-17,21H,8,10-11H2,1-2H3/t12-,16-/m0/s1. The third-order valence-electron chi connectivity index (χ3n) is 5.56. The molecule has 0 radical (unpaired) electrons. The van der Waals surface area contributed by atoms with E-state index in [1.807, 2.05) is 18.3 Å². The smallest absolute Gasteiger partial charge is 0.320 e. The minimum absolute atomic E-state index is 0.109. The van der Waals surface area contributed by atoms with E-state index in [0.29, 0.717) is 6.42 Å². The fourth-order valence-electron chi connectivity index (χ4n) is 4.27. The van der Waals surface area contributed by atoms with Gasteiger partial charge >= 0.3 is 11.9 Å². The monoisotopic (exact) mass is 354 g/mol. The first-order valence-corrected chi connectivity index (χ1v) is 8.83. The quantitative estimate of drug-likeness (QED) is 0.677. The number of nitrogens with zero attached hydrogens (tertiary/aromatic N) is 1. The number of esters is 2. The molecule has 2 aromatic rings. The summed E-state index contributed by atoms with van der Waals surface area (Å²) in [4.78, 5) is 30.2. The van der Waals surface area contributed by atoms with E-state index in [-0.39, 0.29) is 12.0 Å². The van der Waals surface area contributed by atoms with Crippen LogP contribution in [0.1, 0.15) is 23.7 Å². The zero-order valence-electron chi connectivity index (χ0n) is 14.9. The van der Waals surface area contributed by atoms with Crippen molar-refractivity contribution >= 4 is 22.8 Å². The Morgan fingerprint density at radius 1 is 1.19 bits per heavy atom. The second-order valence-electron chi connectivity index (χ2n) is 6.83. The van der Waals surface area contributed by atoms with Gasteiger partial charge in [0.1, 0.15) is 0 Å². The summed E-state index contributed by atoms with van der Waals surface area (Å²) in [5.74, 6) is -2.29. The number of aromatic nitrogens is 1. The SMILES string of the molecule is COC(=O)C(C(=O)OC)[C@H]1C=CN2CCc3c([nH]c4ccccc34)[C@@H]2C1. The van der Waals surface area contributed by atoms with Crippen molar-refractivity contribution in [1.82, 2.24) is 9.88 Å². The van der Waals surface area contributed by atoms with Crippen LogP contribution in [0.25, 0.3) is 10.9 Å². The highest BCUT2D eigenvalue weighted by molar-refractivity contribution is 5.95. The van der Waals surface area contributed by atoms with Gasteiger partial charge in [0.2, 0.25) is 0 Å². The molecule has 6 heteroatoms. The van der Waals surface area contributed by atoms with Crippen molar-refractivity contribution in [3.05, 3.63) is 47.8 Å². The highest BCUT2D eigenvalue weighted by Gasteiger charge is 2.41. The average molecular weight is 354 g/mol. The Morgan fingerprint density at radius 2 is 1.92 bits per heavy atom. The van der Waals surface area contributed by atoms with Gasteiger partial charge in [-0.25, -0.2) is 0 Å². The van der Waals surface area contributed by atoms with E-state index in [0.717, 1.165) is 18.5 Å². The molecule has 1 N–H and O–H groups in total. The molecule has 3 heterocycles. The number of allylic oxidation sites excluding steroid dienone is 1. The molecule has 0 aliphatic carbocycles. The van der Waals surface area contributed by atoms with E-state index in [1.165, 1.54) is 30.9 Å². The number of nitrogens with one attached hydrogen (secondary N) is 1. The molecule has 1 aromatic heterocycles. The first-order chi connectivity index (χ1) is 12.6. The Balaban J connectivity index is 1.70. The molecule has 0 unspecified atom stereocenters. The molecule has 2 aliphatic rings. The number of carbonyl (C=O) groups is 2. The molecular formula is C20H22N2O4. The number of benzene rings is 1. The normalized spacial score (nSPS) is 21.4. The van der Waals surface area contributed by atoms with Crippen molar-refractivity contribution in [2.75, 3.05) is 20.8 Å². The van der Waals surface area contributed by atoms with Crippen LogP contribution in [0.2, 0.25) is 0 Å². The Morgan fingerprint density at radius 3 is 2.65 bits per heavy atom. The molecule has 0 amide bonds. The lowest BCUT2D eigenvalue weighted by atomic mass is 9.81. The average Bonchev–Trinajstić information content (AvgIpc) is 3.07. The van der Waals surface area contributed by atoms with Gasteiger partial charge in [0, 0.05) is 29.1 Å². The molecule has 0 fully saturated rings. The highest BCUT2D eigenvalue weighted by atomic mass is 16.5. The fourth-order valence-corrected chi connectivity index (χ4v) is 4.27. The van der Waals surface area contributed by atoms with Crippen molar-refractivity contribution in [3.63, 3.8) is 0 Å². The van der Waals surface area contributed by atoms with Crippen molar-refractivity contribution < 1.29 is 19.1 Å². The van der Waals surface area contributed by atoms with Crippen LogP contribution in [0.15, 0.2) is 36.5 Å². The lowest BCUT2D eigenvalue weighted by Gasteiger charge is -2.40. The Labute approximate surface area is 151 Å². The van der Waals surface area contributed by atoms with Crippen molar-refractivity contribution in [1.29, 1.82) is 0 Å². The summed E-state index contributed by atoms with van der Waals surface area (Å²) < 4.78 is 9.69. The molecule has 2 aliphatic heterocycles. The van der Waals surface area contributed by atoms with Gasteiger partial charge in [0.25, 0.3) is 0 Å². The number of para-hydroxylation sites is 1. The van der Waals surface area contributed by atoms with Crippen LogP contribution in [-0.2, 0) is 25.5 Å². The summed E-state index contributed by atoms with van der Waals surface area (Å²) in [6, 6.07) is 8.41. The number of ether oxygens (including phenoxy) is 2. The topological polar surface area (TPSA) is 71.6 Å². The number of methoxy groups -OCH3 is 2. The molecule has 0 saturated carbocycles. The number of rotatable bonds is 3. The highest BCUT2D eigenvalue weighted by Crippen LogP contribution is 2.42. The number of hydrogen-bond acceptors (Lipinski definition) is 5. The molecule has 136 valence electrons. The van der Waals surface area contributed by atoms with E-state index in [9.17, 15) is 9.59 Å². The summed E-state index contributed by atoms with van der Waals surface area (Å²) in [5.41, 5.74) is 3.65. The van der Waals surface area contributed by atoms with Crippen molar-refractivity contribution in [3.8, 4) is 0 Å². The predicted molar refractivity (Wildman–Crippen MR) is 96.2 cm³/mol. The number of H-pyrrole nitrogens is 1. The van der Waals surface area contributed by atoms with Crippen LogP contribution in [0, 0.1) is 11.8 Å². The minimum atomic E-state index is -0.932. The van der Waals surface area contributed by atoms with Crippen molar-refractivity contribution in [2.45, 2.75) is 18.9 Å². The van der Waals surface area contributed by atoms with Gasteiger partial charge in [-0.2, -0.15) is 0 Å². The second-order valence-corrected chi connectivity index (χ2v) is 6.83. The zero-order valence-corrected chi connectivity index (χ0v) is 14.9. The largest absolute Gasteiger partial charge is 0.468 e. The van der Waals surface area contributed by atoms with Crippen LogP contribution < -0.4 is 0 Å². The molecule has 2 atom stereocenters. The van der Waals surface area contributed by atoms with E-state index in [2.05, 4.69) is 28.1 Å². The van der Waals surface area contributed by atoms with Crippen LogP contribution in [0.4, 0.5) is 0 Å². The third kappa shape index (κ3) is 2.57. The molecule has 26 heavy (non-hydrogen) atoms. The Kier molecular flexibility index (Phi) is 4.18. The molecule has 1 aromatic carbocycles.